The minimum atomic E-state index is -1.18. The van der Waals surface area contributed by atoms with Gasteiger partial charge < -0.3 is 5.11 Å². The van der Waals surface area contributed by atoms with Gasteiger partial charge in [0.15, 0.2) is 5.69 Å². The predicted octanol–water partition coefficient (Wildman–Crippen LogP) is 2.09. The number of hydrogen-bond acceptors (Lipinski definition) is 2. The predicted molar refractivity (Wildman–Crippen MR) is 41.2 cm³/mol. The highest BCUT2D eigenvalue weighted by atomic mass is 35.5. The van der Waals surface area contributed by atoms with Crippen molar-refractivity contribution in [3.05, 3.63) is 28.0 Å². The standard InChI is InChI=1S/C6H3Cl2NO2/c7-3-1-2-9-5(4(3)8)6(10)11/h1-2H,(H,10,11). The van der Waals surface area contributed by atoms with Crippen molar-refractivity contribution in [3.8, 4) is 0 Å². The average molecular weight is 192 g/mol. The number of carbonyl (C=O) groups is 1. The Morgan fingerprint density at radius 3 is 2.64 bits per heavy atom. The SMILES string of the molecule is O=C(O)c1nccc(Cl)c1Cl. The fraction of sp³-hybridized carbons (Fsp3) is 0. The second-order valence-electron chi connectivity index (χ2n) is 1.76. The fourth-order valence-electron chi connectivity index (χ4n) is 0.569. The Kier molecular flexibility index (Phi) is 2.31. The quantitative estimate of drug-likeness (QED) is 0.740. The van der Waals surface area contributed by atoms with Gasteiger partial charge in [-0.15, -0.1) is 0 Å². The number of carboxylic acids is 1. The summed E-state index contributed by atoms with van der Waals surface area (Å²) in [6, 6.07) is 1.43. The molecule has 11 heavy (non-hydrogen) atoms. The molecular formula is C6H3Cl2NO2. The molecule has 0 saturated heterocycles. The normalized spacial score (nSPS) is 9.64. The molecule has 0 atom stereocenters. The molecule has 58 valence electrons. The summed E-state index contributed by atoms with van der Waals surface area (Å²) in [6.07, 6.45) is 1.29. The van der Waals surface area contributed by atoms with E-state index in [2.05, 4.69) is 4.98 Å². The summed E-state index contributed by atoms with van der Waals surface area (Å²) >= 11 is 11.0. The second kappa shape index (κ2) is 3.07. The molecule has 0 spiro atoms. The number of aromatic nitrogens is 1. The molecule has 0 saturated carbocycles. The average Bonchev–Trinajstić information content (AvgIpc) is 1.94. The summed E-state index contributed by atoms with van der Waals surface area (Å²) in [4.78, 5) is 13.9. The van der Waals surface area contributed by atoms with Crippen LogP contribution in [0.15, 0.2) is 12.3 Å². The molecule has 0 aromatic carbocycles. The van der Waals surface area contributed by atoms with Crippen LogP contribution in [-0.2, 0) is 0 Å². The zero-order valence-corrected chi connectivity index (χ0v) is 6.73. The Morgan fingerprint density at radius 2 is 2.18 bits per heavy atom. The van der Waals surface area contributed by atoms with E-state index in [1.807, 2.05) is 0 Å². The van der Waals surface area contributed by atoms with Crippen LogP contribution >= 0.6 is 23.2 Å². The van der Waals surface area contributed by atoms with Crippen LogP contribution < -0.4 is 0 Å². The summed E-state index contributed by atoms with van der Waals surface area (Å²) in [5.41, 5.74) is -0.223. The molecule has 0 aliphatic carbocycles. The molecule has 0 aliphatic rings. The van der Waals surface area contributed by atoms with Gasteiger partial charge in [0, 0.05) is 6.20 Å². The molecule has 3 nitrogen and oxygen atoms in total. The maximum atomic E-state index is 10.4. The third-order valence-electron chi connectivity index (χ3n) is 1.04. The van der Waals surface area contributed by atoms with Crippen molar-refractivity contribution in [3.63, 3.8) is 0 Å². The van der Waals surface area contributed by atoms with Crippen LogP contribution in [0.5, 0.6) is 0 Å². The maximum absolute atomic E-state index is 10.4. The van der Waals surface area contributed by atoms with Gasteiger partial charge in [-0.3, -0.25) is 0 Å². The van der Waals surface area contributed by atoms with Crippen molar-refractivity contribution in [1.29, 1.82) is 0 Å². The molecule has 0 amide bonds. The van der Waals surface area contributed by atoms with Crippen LogP contribution in [0.2, 0.25) is 10.0 Å². The summed E-state index contributed by atoms with van der Waals surface area (Å²) < 4.78 is 0. The number of pyridine rings is 1. The van der Waals surface area contributed by atoms with Gasteiger partial charge in [-0.25, -0.2) is 9.78 Å². The van der Waals surface area contributed by atoms with Gasteiger partial charge in [-0.05, 0) is 6.07 Å². The van der Waals surface area contributed by atoms with E-state index in [1.54, 1.807) is 0 Å². The van der Waals surface area contributed by atoms with Gasteiger partial charge in [0.1, 0.15) is 0 Å². The topological polar surface area (TPSA) is 50.2 Å². The van der Waals surface area contributed by atoms with E-state index in [-0.39, 0.29) is 15.7 Å². The third kappa shape index (κ3) is 1.61. The molecule has 0 bridgehead atoms. The molecule has 0 radical (unpaired) electrons. The molecule has 1 rings (SSSR count). The minimum absolute atomic E-state index is 0.0262. The first-order valence-electron chi connectivity index (χ1n) is 2.66. The zero-order valence-electron chi connectivity index (χ0n) is 5.21. The Morgan fingerprint density at radius 1 is 1.55 bits per heavy atom. The lowest BCUT2D eigenvalue weighted by atomic mass is 10.3. The first-order valence-corrected chi connectivity index (χ1v) is 3.42. The maximum Gasteiger partial charge on any atom is 0.356 e. The van der Waals surface area contributed by atoms with Crippen molar-refractivity contribution in [2.24, 2.45) is 0 Å². The van der Waals surface area contributed by atoms with Crippen molar-refractivity contribution in [1.82, 2.24) is 4.98 Å². The molecule has 1 aromatic heterocycles. The fourth-order valence-corrected chi connectivity index (χ4v) is 0.908. The highest BCUT2D eigenvalue weighted by Crippen LogP contribution is 2.23. The number of aromatic carboxylic acids is 1. The molecule has 0 unspecified atom stereocenters. The molecule has 0 fully saturated rings. The van der Waals surface area contributed by atoms with E-state index < -0.39 is 5.97 Å². The zero-order chi connectivity index (χ0) is 8.43. The van der Waals surface area contributed by atoms with Gasteiger partial charge in [-0.1, -0.05) is 23.2 Å². The largest absolute Gasteiger partial charge is 0.476 e. The Bertz CT molecular complexity index is 301. The molecule has 1 aromatic rings. The molecule has 0 aliphatic heterocycles. The first kappa shape index (κ1) is 8.30. The van der Waals surface area contributed by atoms with Crippen molar-refractivity contribution in [2.45, 2.75) is 0 Å². The number of nitrogens with zero attached hydrogens (tertiary/aromatic N) is 1. The summed E-state index contributed by atoms with van der Waals surface area (Å²) in [5, 5.41) is 8.65. The van der Waals surface area contributed by atoms with E-state index in [0.29, 0.717) is 0 Å². The lowest BCUT2D eigenvalue weighted by molar-refractivity contribution is 0.0690. The van der Waals surface area contributed by atoms with E-state index in [9.17, 15) is 4.79 Å². The highest BCUT2D eigenvalue weighted by molar-refractivity contribution is 6.43. The minimum Gasteiger partial charge on any atom is -0.476 e. The van der Waals surface area contributed by atoms with Gasteiger partial charge in [-0.2, -0.15) is 0 Å². The Hall–Kier alpha value is -0.800. The molecule has 5 heteroatoms. The van der Waals surface area contributed by atoms with Crippen LogP contribution in [0.1, 0.15) is 10.5 Å². The third-order valence-corrected chi connectivity index (χ3v) is 1.84. The Balaban J connectivity index is 3.27. The summed E-state index contributed by atoms with van der Waals surface area (Å²) in [5.74, 6) is -1.18. The number of halogens is 2. The number of carboxylic acid groups (broad SMARTS) is 1. The van der Waals surface area contributed by atoms with Gasteiger partial charge in [0.25, 0.3) is 0 Å². The van der Waals surface area contributed by atoms with Crippen molar-refractivity contribution >= 4 is 29.2 Å². The molecular weight excluding hydrogens is 189 g/mol. The van der Waals surface area contributed by atoms with Crippen LogP contribution in [0.25, 0.3) is 0 Å². The Labute approximate surface area is 72.6 Å². The van der Waals surface area contributed by atoms with Crippen LogP contribution in [-0.4, -0.2) is 16.1 Å². The molecule has 1 N–H and O–H groups in total. The summed E-state index contributed by atoms with van der Waals surface area (Å²) in [6.45, 7) is 0. The highest BCUT2D eigenvalue weighted by Gasteiger charge is 2.11. The lowest BCUT2D eigenvalue weighted by Crippen LogP contribution is -2.00. The van der Waals surface area contributed by atoms with Crippen LogP contribution in [0, 0.1) is 0 Å². The van der Waals surface area contributed by atoms with Gasteiger partial charge in [0.05, 0.1) is 10.0 Å². The van der Waals surface area contributed by atoms with E-state index in [0.717, 1.165) is 0 Å². The van der Waals surface area contributed by atoms with Crippen LogP contribution in [0.3, 0.4) is 0 Å². The lowest BCUT2D eigenvalue weighted by Gasteiger charge is -1.97. The first-order chi connectivity index (χ1) is 5.13. The second-order valence-corrected chi connectivity index (χ2v) is 2.55. The monoisotopic (exact) mass is 191 g/mol. The van der Waals surface area contributed by atoms with E-state index in [1.165, 1.54) is 12.3 Å². The van der Waals surface area contributed by atoms with E-state index in [4.69, 9.17) is 28.3 Å². The number of hydrogen-bond donors (Lipinski definition) is 1. The van der Waals surface area contributed by atoms with Crippen molar-refractivity contribution in [2.75, 3.05) is 0 Å². The summed E-state index contributed by atoms with van der Waals surface area (Å²) in [7, 11) is 0. The van der Waals surface area contributed by atoms with Gasteiger partial charge >= 0.3 is 5.97 Å². The number of rotatable bonds is 1. The van der Waals surface area contributed by atoms with Gasteiger partial charge in [0.2, 0.25) is 0 Å². The van der Waals surface area contributed by atoms with Crippen molar-refractivity contribution < 1.29 is 9.90 Å². The van der Waals surface area contributed by atoms with E-state index >= 15 is 0 Å². The smallest absolute Gasteiger partial charge is 0.356 e. The van der Waals surface area contributed by atoms with Crippen LogP contribution in [0.4, 0.5) is 0 Å². The molecule has 1 heterocycles.